The van der Waals surface area contributed by atoms with Gasteiger partial charge in [0.1, 0.15) is 17.7 Å². The van der Waals surface area contributed by atoms with Gasteiger partial charge in [0.2, 0.25) is 17.8 Å². The fourth-order valence-corrected chi connectivity index (χ4v) is 4.40. The third kappa shape index (κ3) is 10.4. The highest BCUT2D eigenvalue weighted by atomic mass is 19.1. The number of carbonyl (C=O) groups excluding carboxylic acids is 2. The van der Waals surface area contributed by atoms with Crippen molar-refractivity contribution in [2.75, 3.05) is 58.6 Å². The molecule has 3 N–H and O–H groups in total. The van der Waals surface area contributed by atoms with Crippen LogP contribution >= 0.6 is 0 Å². The maximum atomic E-state index is 13.3. The van der Waals surface area contributed by atoms with E-state index in [1.807, 2.05) is 19.0 Å². The molecule has 0 unspecified atom stereocenters. The van der Waals surface area contributed by atoms with E-state index < -0.39 is 6.04 Å². The van der Waals surface area contributed by atoms with E-state index in [4.69, 9.17) is 4.74 Å². The van der Waals surface area contributed by atoms with Crippen molar-refractivity contribution in [3.05, 3.63) is 54.0 Å². The van der Waals surface area contributed by atoms with Crippen molar-refractivity contribution in [3.63, 3.8) is 0 Å². The average molecular weight is 580 g/mol. The van der Waals surface area contributed by atoms with E-state index in [1.54, 1.807) is 45.5 Å². The summed E-state index contributed by atoms with van der Waals surface area (Å²) in [6, 6.07) is 5.35. The highest BCUT2D eigenvalue weighted by Crippen LogP contribution is 2.25. The predicted octanol–water partition coefficient (Wildman–Crippen LogP) is 3.41. The quantitative estimate of drug-likeness (QED) is 0.199. The van der Waals surface area contributed by atoms with Gasteiger partial charge in [0, 0.05) is 51.0 Å². The van der Waals surface area contributed by atoms with Crippen LogP contribution in [0.4, 0.5) is 21.8 Å². The summed E-state index contributed by atoms with van der Waals surface area (Å²) in [5, 5.41) is 9.45. The molecule has 3 atom stereocenters. The molecule has 1 fully saturated rings. The number of carbonyl (C=O) groups is 2. The second-order valence-electron chi connectivity index (χ2n) is 10.6. The second-order valence-corrected chi connectivity index (χ2v) is 10.6. The maximum absolute atomic E-state index is 13.3. The summed E-state index contributed by atoms with van der Waals surface area (Å²) >= 11 is 0. The molecule has 2 aromatic rings. The Kier molecular flexibility index (Phi) is 12.7. The number of methoxy groups -OCH3 is 1. The summed E-state index contributed by atoms with van der Waals surface area (Å²) in [4.78, 5) is 37.8. The number of anilines is 3. The van der Waals surface area contributed by atoms with E-state index in [-0.39, 0.29) is 29.6 Å². The minimum absolute atomic E-state index is 0.0152. The Morgan fingerprint density at radius 2 is 1.98 bits per heavy atom. The minimum atomic E-state index is -0.590. The molecule has 42 heavy (non-hydrogen) atoms. The third-order valence-corrected chi connectivity index (χ3v) is 6.96. The third-order valence-electron chi connectivity index (χ3n) is 6.96. The van der Waals surface area contributed by atoms with Crippen molar-refractivity contribution >= 4 is 29.3 Å². The molecule has 0 saturated heterocycles. The Hall–Kier alpha value is -4.01. The summed E-state index contributed by atoms with van der Waals surface area (Å²) < 4.78 is 18.4. The number of nitrogens with zero attached hydrogens (tertiary/aromatic N) is 4. The Balaban J connectivity index is 1.63. The first-order valence-corrected chi connectivity index (χ1v) is 14.2. The summed E-state index contributed by atoms with van der Waals surface area (Å²) in [7, 11) is 7.12. The van der Waals surface area contributed by atoms with Crippen LogP contribution in [0.1, 0.15) is 38.2 Å². The van der Waals surface area contributed by atoms with Gasteiger partial charge in [-0.15, -0.1) is 0 Å². The molecule has 1 aromatic heterocycles. The van der Waals surface area contributed by atoms with E-state index in [0.717, 1.165) is 25.7 Å². The zero-order chi connectivity index (χ0) is 30.5. The molecular formula is C31H42FN7O3. The fraction of sp³-hybridized carbons (Fsp3) is 0.484. The summed E-state index contributed by atoms with van der Waals surface area (Å²) in [5.74, 6) is 6.92. The number of nitrogens with one attached hydrogen (secondary N) is 3. The molecule has 0 bridgehead atoms. The summed E-state index contributed by atoms with van der Waals surface area (Å²) in [5.41, 5.74) is 1.32. The van der Waals surface area contributed by atoms with Gasteiger partial charge in [-0.1, -0.05) is 24.3 Å². The molecule has 3 rings (SSSR count). The van der Waals surface area contributed by atoms with Crippen LogP contribution < -0.4 is 16.0 Å². The van der Waals surface area contributed by atoms with Crippen LogP contribution in [-0.2, 0) is 14.3 Å². The van der Waals surface area contributed by atoms with Gasteiger partial charge in [0.05, 0.1) is 18.4 Å². The highest BCUT2D eigenvalue weighted by Gasteiger charge is 2.26. The number of likely N-dealkylation sites (N-methyl/N-ethyl adjacent to an activating group) is 2. The van der Waals surface area contributed by atoms with E-state index in [1.165, 1.54) is 23.1 Å². The van der Waals surface area contributed by atoms with Gasteiger partial charge in [0.25, 0.3) is 0 Å². The van der Waals surface area contributed by atoms with Crippen LogP contribution in [0.15, 0.2) is 42.6 Å². The average Bonchev–Trinajstić information content (AvgIpc) is 2.97. The molecule has 226 valence electrons. The topological polar surface area (TPSA) is 112 Å². The van der Waals surface area contributed by atoms with Gasteiger partial charge in [-0.05, 0) is 64.5 Å². The van der Waals surface area contributed by atoms with E-state index >= 15 is 0 Å². The van der Waals surface area contributed by atoms with Crippen molar-refractivity contribution < 1.29 is 18.7 Å². The smallest absolute Gasteiger partial charge is 0.246 e. The van der Waals surface area contributed by atoms with E-state index in [2.05, 4.69) is 37.8 Å². The molecule has 0 aliphatic heterocycles. The van der Waals surface area contributed by atoms with Gasteiger partial charge >= 0.3 is 0 Å². The molecule has 2 amide bonds. The molecule has 1 saturated carbocycles. The van der Waals surface area contributed by atoms with E-state index in [9.17, 15) is 14.0 Å². The predicted molar refractivity (Wildman–Crippen MR) is 163 cm³/mol. The van der Waals surface area contributed by atoms with Crippen molar-refractivity contribution in [2.45, 2.75) is 44.7 Å². The summed E-state index contributed by atoms with van der Waals surface area (Å²) in [6.45, 7) is 3.42. The molecule has 1 aromatic carbocycles. The number of rotatable bonds is 12. The first-order chi connectivity index (χ1) is 20.2. The Bertz CT molecular complexity index is 1270. The molecule has 10 nitrogen and oxygen atoms in total. The zero-order valence-electron chi connectivity index (χ0n) is 25.1. The number of halogens is 1. The lowest BCUT2D eigenvalue weighted by Crippen LogP contribution is -2.49. The van der Waals surface area contributed by atoms with Gasteiger partial charge < -0.3 is 30.5 Å². The first-order valence-electron chi connectivity index (χ1n) is 14.2. The number of amides is 2. The number of ether oxygens (including phenoxy) is 1. The van der Waals surface area contributed by atoms with Gasteiger partial charge in [-0.2, -0.15) is 4.98 Å². The van der Waals surface area contributed by atoms with Crippen molar-refractivity contribution in [3.8, 4) is 11.8 Å². The highest BCUT2D eigenvalue weighted by molar-refractivity contribution is 5.92. The number of hydrogen-bond acceptors (Lipinski definition) is 8. The van der Waals surface area contributed by atoms with Gasteiger partial charge in [-0.25, -0.2) is 9.37 Å². The normalized spacial score (nSPS) is 17.3. The van der Waals surface area contributed by atoms with Crippen molar-refractivity contribution in [2.24, 2.45) is 5.92 Å². The second kappa shape index (κ2) is 16.4. The lowest BCUT2D eigenvalue weighted by Gasteiger charge is -2.30. The lowest BCUT2D eigenvalue weighted by molar-refractivity contribution is -0.135. The largest absolute Gasteiger partial charge is 0.383 e. The Morgan fingerprint density at radius 1 is 1.21 bits per heavy atom. The van der Waals surface area contributed by atoms with Crippen LogP contribution in [0, 0.1) is 23.6 Å². The maximum Gasteiger partial charge on any atom is 0.246 e. The van der Waals surface area contributed by atoms with Crippen LogP contribution in [0.3, 0.4) is 0 Å². The van der Waals surface area contributed by atoms with Crippen molar-refractivity contribution in [1.29, 1.82) is 0 Å². The standard InChI is InChI=1S/C31H42FN7O3/c1-22(39(4)28(40)10-7-18-38(2)3)30(41)35-27-9-6-8-23(20-27)11-12-24-21-34-31(37-29(24)33-17-19-42-5)36-26-15-13-25(32)14-16-26/h7,10,13-16,21-23,27H,6,8-9,17-20H2,1-5H3,(H,35,41)(H2,33,34,36,37)/b10-7+/t22-,23-,27-/m0/s1. The van der Waals surface area contributed by atoms with Gasteiger partial charge in [0.15, 0.2) is 0 Å². The Labute approximate surface area is 248 Å². The molecule has 0 radical (unpaired) electrons. The lowest BCUT2D eigenvalue weighted by atomic mass is 9.86. The Morgan fingerprint density at radius 3 is 2.69 bits per heavy atom. The van der Waals surface area contributed by atoms with Crippen LogP contribution in [0.2, 0.25) is 0 Å². The molecule has 1 aliphatic rings. The summed E-state index contributed by atoms with van der Waals surface area (Å²) in [6.07, 6.45) is 8.41. The molecule has 1 aliphatic carbocycles. The van der Waals surface area contributed by atoms with Crippen LogP contribution in [-0.4, -0.2) is 91.6 Å². The molecule has 0 spiro atoms. The number of benzene rings is 1. The first kappa shape index (κ1) is 32.5. The van der Waals surface area contributed by atoms with E-state index in [0.29, 0.717) is 42.7 Å². The van der Waals surface area contributed by atoms with Crippen molar-refractivity contribution in [1.82, 2.24) is 25.1 Å². The molecule has 1 heterocycles. The SMILES string of the molecule is COCCNc1nc(Nc2ccc(F)cc2)ncc1C#C[C@@H]1CCC[C@H](NC(=O)[C@H](C)N(C)C(=O)/C=C/CN(C)C)C1. The van der Waals surface area contributed by atoms with Gasteiger partial charge in [-0.3, -0.25) is 9.59 Å². The van der Waals surface area contributed by atoms with Crippen LogP contribution in [0.5, 0.6) is 0 Å². The number of aromatic nitrogens is 2. The zero-order valence-corrected chi connectivity index (χ0v) is 25.1. The molecule has 11 heteroatoms. The molecular weight excluding hydrogens is 537 g/mol. The van der Waals surface area contributed by atoms with Crippen LogP contribution in [0.25, 0.3) is 0 Å². The minimum Gasteiger partial charge on any atom is -0.383 e. The fourth-order valence-electron chi connectivity index (χ4n) is 4.40. The number of hydrogen-bond donors (Lipinski definition) is 3. The monoisotopic (exact) mass is 579 g/mol.